The van der Waals surface area contributed by atoms with Crippen LogP contribution in [0.5, 0.6) is 0 Å². The zero-order valence-corrected chi connectivity index (χ0v) is 13.2. The Morgan fingerprint density at radius 3 is 2.86 bits per heavy atom. The van der Waals surface area contributed by atoms with Gasteiger partial charge in [-0.25, -0.2) is 9.97 Å². The second-order valence-corrected chi connectivity index (χ2v) is 6.13. The number of carbonyl (C=O) groups excluding carboxylic acids is 1. The van der Waals surface area contributed by atoms with Crippen molar-refractivity contribution in [2.24, 2.45) is 0 Å². The van der Waals surface area contributed by atoms with Crippen molar-refractivity contribution in [2.45, 2.75) is 30.7 Å². The van der Waals surface area contributed by atoms with Crippen LogP contribution < -0.4 is 0 Å². The highest BCUT2D eigenvalue weighted by Crippen LogP contribution is 2.32. The van der Waals surface area contributed by atoms with Gasteiger partial charge in [-0.1, -0.05) is 0 Å². The standard InChI is InChI=1S/C16H17N3O2S/c1-21-14(20)7-10-22-16-12-3-2-4-13(12)18-15(19-16)11-5-8-17-9-6-11/h5-6,8-9H,2-4,7,10H2,1H3. The average molecular weight is 315 g/mol. The van der Waals surface area contributed by atoms with Crippen LogP contribution in [0, 0.1) is 0 Å². The minimum Gasteiger partial charge on any atom is -0.469 e. The highest BCUT2D eigenvalue weighted by molar-refractivity contribution is 7.99. The van der Waals surface area contributed by atoms with Gasteiger partial charge in [-0.2, -0.15) is 0 Å². The monoisotopic (exact) mass is 315 g/mol. The molecule has 3 rings (SSSR count). The van der Waals surface area contributed by atoms with E-state index in [1.165, 1.54) is 12.7 Å². The first-order chi connectivity index (χ1) is 10.8. The van der Waals surface area contributed by atoms with E-state index < -0.39 is 0 Å². The Labute approximate surface area is 133 Å². The molecular formula is C16H17N3O2S. The van der Waals surface area contributed by atoms with E-state index in [1.54, 1.807) is 24.2 Å². The van der Waals surface area contributed by atoms with Gasteiger partial charge in [-0.05, 0) is 31.4 Å². The zero-order chi connectivity index (χ0) is 15.4. The molecule has 2 heterocycles. The normalized spacial score (nSPS) is 13.0. The Morgan fingerprint density at radius 1 is 1.27 bits per heavy atom. The van der Waals surface area contributed by atoms with Crippen molar-refractivity contribution in [1.82, 2.24) is 15.0 Å². The molecular weight excluding hydrogens is 298 g/mol. The Kier molecular flexibility index (Phi) is 4.68. The van der Waals surface area contributed by atoms with Crippen molar-refractivity contribution in [3.8, 4) is 11.4 Å². The van der Waals surface area contributed by atoms with Crippen LogP contribution in [-0.2, 0) is 22.4 Å². The molecule has 0 atom stereocenters. The van der Waals surface area contributed by atoms with Gasteiger partial charge in [0, 0.05) is 35.0 Å². The lowest BCUT2D eigenvalue weighted by Gasteiger charge is -2.09. The first kappa shape index (κ1) is 15.0. The number of ether oxygens (including phenoxy) is 1. The van der Waals surface area contributed by atoms with Crippen molar-refractivity contribution in [2.75, 3.05) is 12.9 Å². The van der Waals surface area contributed by atoms with Crippen LogP contribution in [0.1, 0.15) is 24.1 Å². The molecule has 0 saturated carbocycles. The fraction of sp³-hybridized carbons (Fsp3) is 0.375. The maximum absolute atomic E-state index is 11.2. The molecule has 1 aliphatic carbocycles. The van der Waals surface area contributed by atoms with Crippen molar-refractivity contribution < 1.29 is 9.53 Å². The lowest BCUT2D eigenvalue weighted by Crippen LogP contribution is -2.03. The van der Waals surface area contributed by atoms with E-state index in [2.05, 4.69) is 9.72 Å². The molecule has 0 unspecified atom stereocenters. The summed E-state index contributed by atoms with van der Waals surface area (Å²) in [4.78, 5) is 24.7. The van der Waals surface area contributed by atoms with Gasteiger partial charge >= 0.3 is 5.97 Å². The van der Waals surface area contributed by atoms with Gasteiger partial charge in [0.1, 0.15) is 5.03 Å². The summed E-state index contributed by atoms with van der Waals surface area (Å²) >= 11 is 1.61. The van der Waals surface area contributed by atoms with Gasteiger partial charge in [0.2, 0.25) is 0 Å². The second kappa shape index (κ2) is 6.87. The lowest BCUT2D eigenvalue weighted by molar-refractivity contribution is -0.140. The summed E-state index contributed by atoms with van der Waals surface area (Å²) in [5.74, 6) is 1.22. The molecule has 0 N–H and O–H groups in total. The van der Waals surface area contributed by atoms with Crippen molar-refractivity contribution in [3.63, 3.8) is 0 Å². The highest BCUT2D eigenvalue weighted by Gasteiger charge is 2.20. The van der Waals surface area contributed by atoms with Gasteiger partial charge < -0.3 is 4.74 Å². The second-order valence-electron chi connectivity index (χ2n) is 5.04. The third-order valence-electron chi connectivity index (χ3n) is 3.61. The smallest absolute Gasteiger partial charge is 0.306 e. The zero-order valence-electron chi connectivity index (χ0n) is 12.4. The topological polar surface area (TPSA) is 65.0 Å². The summed E-state index contributed by atoms with van der Waals surface area (Å²) in [7, 11) is 1.41. The number of nitrogens with zero attached hydrogens (tertiary/aromatic N) is 3. The SMILES string of the molecule is COC(=O)CCSc1nc(-c2ccncc2)nc2c1CCC2. The number of rotatable bonds is 5. The van der Waals surface area contributed by atoms with Gasteiger partial charge in [0.15, 0.2) is 5.82 Å². The number of thioether (sulfide) groups is 1. The number of hydrogen-bond acceptors (Lipinski definition) is 6. The number of carbonyl (C=O) groups is 1. The summed E-state index contributed by atoms with van der Waals surface area (Å²) in [6.07, 6.45) is 7.03. The molecule has 114 valence electrons. The number of fused-ring (bicyclic) bond motifs is 1. The molecule has 22 heavy (non-hydrogen) atoms. The van der Waals surface area contributed by atoms with E-state index >= 15 is 0 Å². The number of esters is 1. The number of aromatic nitrogens is 3. The maximum atomic E-state index is 11.2. The predicted molar refractivity (Wildman–Crippen MR) is 84.6 cm³/mol. The quantitative estimate of drug-likeness (QED) is 0.480. The van der Waals surface area contributed by atoms with Gasteiger partial charge in [-0.3, -0.25) is 9.78 Å². The first-order valence-electron chi connectivity index (χ1n) is 7.27. The molecule has 0 amide bonds. The van der Waals surface area contributed by atoms with Gasteiger partial charge in [0.05, 0.1) is 13.5 Å². The number of methoxy groups -OCH3 is 1. The maximum Gasteiger partial charge on any atom is 0.306 e. The van der Waals surface area contributed by atoms with Crippen LogP contribution in [0.2, 0.25) is 0 Å². The molecule has 0 saturated heterocycles. The third-order valence-corrected chi connectivity index (χ3v) is 4.63. The Bertz CT molecular complexity index is 677. The Balaban J connectivity index is 1.85. The molecule has 0 bridgehead atoms. The highest BCUT2D eigenvalue weighted by atomic mass is 32.2. The fourth-order valence-electron chi connectivity index (χ4n) is 2.48. The molecule has 0 fully saturated rings. The van der Waals surface area contributed by atoms with Crippen LogP contribution in [0.3, 0.4) is 0 Å². The number of aryl methyl sites for hydroxylation is 1. The third kappa shape index (κ3) is 3.27. The van der Waals surface area contributed by atoms with E-state index in [0.29, 0.717) is 12.2 Å². The average Bonchev–Trinajstić information content (AvgIpc) is 3.04. The number of pyridine rings is 1. The molecule has 6 heteroatoms. The Morgan fingerprint density at radius 2 is 2.09 bits per heavy atom. The molecule has 2 aromatic rings. The predicted octanol–water partition coefficient (Wildman–Crippen LogP) is 2.68. The van der Waals surface area contributed by atoms with Crippen LogP contribution in [-0.4, -0.2) is 33.8 Å². The van der Waals surface area contributed by atoms with Crippen molar-refractivity contribution in [3.05, 3.63) is 35.8 Å². The number of hydrogen-bond donors (Lipinski definition) is 0. The minimum atomic E-state index is -0.187. The molecule has 0 aliphatic heterocycles. The van der Waals surface area contributed by atoms with E-state index in [9.17, 15) is 4.79 Å². The summed E-state index contributed by atoms with van der Waals surface area (Å²) in [6, 6.07) is 3.83. The summed E-state index contributed by atoms with van der Waals surface area (Å²) in [6.45, 7) is 0. The molecule has 1 aliphatic rings. The summed E-state index contributed by atoms with van der Waals surface area (Å²) in [5, 5.41) is 0.998. The molecule has 5 nitrogen and oxygen atoms in total. The molecule has 0 radical (unpaired) electrons. The molecule has 0 aromatic carbocycles. The van der Waals surface area contributed by atoms with E-state index in [4.69, 9.17) is 9.97 Å². The van der Waals surface area contributed by atoms with Gasteiger partial charge in [-0.15, -0.1) is 11.8 Å². The van der Waals surface area contributed by atoms with E-state index in [-0.39, 0.29) is 5.97 Å². The van der Waals surface area contributed by atoms with Crippen LogP contribution in [0.25, 0.3) is 11.4 Å². The molecule has 2 aromatic heterocycles. The Hall–Kier alpha value is -1.95. The van der Waals surface area contributed by atoms with Gasteiger partial charge in [0.25, 0.3) is 0 Å². The van der Waals surface area contributed by atoms with E-state index in [1.807, 2.05) is 12.1 Å². The summed E-state index contributed by atoms with van der Waals surface area (Å²) < 4.78 is 4.68. The first-order valence-corrected chi connectivity index (χ1v) is 8.26. The van der Waals surface area contributed by atoms with Crippen LogP contribution >= 0.6 is 11.8 Å². The minimum absolute atomic E-state index is 0.187. The van der Waals surface area contributed by atoms with E-state index in [0.717, 1.165) is 41.4 Å². The van der Waals surface area contributed by atoms with Crippen LogP contribution in [0.15, 0.2) is 29.6 Å². The van der Waals surface area contributed by atoms with Crippen molar-refractivity contribution in [1.29, 1.82) is 0 Å². The summed E-state index contributed by atoms with van der Waals surface area (Å²) in [5.41, 5.74) is 3.36. The molecule has 0 spiro atoms. The van der Waals surface area contributed by atoms with Crippen molar-refractivity contribution >= 4 is 17.7 Å². The largest absolute Gasteiger partial charge is 0.469 e. The fourth-order valence-corrected chi connectivity index (χ4v) is 3.49. The lowest BCUT2D eigenvalue weighted by atomic mass is 10.2. The van der Waals surface area contributed by atoms with Crippen LogP contribution in [0.4, 0.5) is 0 Å².